The van der Waals surface area contributed by atoms with E-state index in [1.54, 1.807) is 18.2 Å². The molecule has 2 rings (SSSR count). The van der Waals surface area contributed by atoms with Crippen LogP contribution in [0.1, 0.15) is 15.9 Å². The van der Waals surface area contributed by atoms with Crippen molar-refractivity contribution in [2.24, 2.45) is 0 Å². The summed E-state index contributed by atoms with van der Waals surface area (Å²) in [5.74, 6) is -0.0995. The third-order valence-corrected chi connectivity index (χ3v) is 3.45. The molecule has 0 saturated carbocycles. The van der Waals surface area contributed by atoms with Crippen LogP contribution in [0.5, 0.6) is 23.0 Å². The minimum Gasteiger partial charge on any atom is -0.504 e. The smallest absolute Gasteiger partial charge is 0.189 e. The molecule has 0 aromatic heterocycles. The summed E-state index contributed by atoms with van der Waals surface area (Å²) in [5, 5.41) is 18.9. The SMILES string of the molecule is COc1ccc(OC)c(C(=O)/C=C/c2cc(O)c(O)c(Cl)c2)c1. The van der Waals surface area contributed by atoms with Gasteiger partial charge in [-0.3, -0.25) is 4.79 Å². The first-order chi connectivity index (χ1) is 11.0. The number of ether oxygens (including phenoxy) is 2. The van der Waals surface area contributed by atoms with E-state index in [1.165, 1.54) is 38.5 Å². The molecule has 2 N–H and O–H groups in total. The molecule has 0 saturated heterocycles. The molecule has 0 bridgehead atoms. The molecule has 0 fully saturated rings. The molecule has 23 heavy (non-hydrogen) atoms. The Balaban J connectivity index is 2.32. The zero-order valence-electron chi connectivity index (χ0n) is 12.5. The second kappa shape index (κ2) is 7.07. The van der Waals surface area contributed by atoms with E-state index in [2.05, 4.69) is 0 Å². The molecule has 0 radical (unpaired) electrons. The van der Waals surface area contributed by atoms with E-state index in [-0.39, 0.29) is 16.6 Å². The van der Waals surface area contributed by atoms with Crippen LogP contribution < -0.4 is 9.47 Å². The first-order valence-electron chi connectivity index (χ1n) is 6.62. The van der Waals surface area contributed by atoms with Gasteiger partial charge < -0.3 is 19.7 Å². The zero-order valence-corrected chi connectivity index (χ0v) is 13.3. The van der Waals surface area contributed by atoms with Crippen LogP contribution in [0.2, 0.25) is 5.02 Å². The molecule has 5 nitrogen and oxygen atoms in total. The predicted molar refractivity (Wildman–Crippen MR) is 87.7 cm³/mol. The van der Waals surface area contributed by atoms with E-state index in [9.17, 15) is 15.0 Å². The van der Waals surface area contributed by atoms with Crippen LogP contribution in [0.25, 0.3) is 6.08 Å². The number of methoxy groups -OCH3 is 2. The number of phenolic OH excluding ortho intramolecular Hbond substituents is 2. The van der Waals surface area contributed by atoms with E-state index in [0.29, 0.717) is 22.6 Å². The maximum atomic E-state index is 12.3. The summed E-state index contributed by atoms with van der Waals surface area (Å²) in [5.41, 5.74) is 0.817. The minimum absolute atomic E-state index is 0.00365. The second-order valence-corrected chi connectivity index (χ2v) is 5.04. The number of ketones is 1. The van der Waals surface area contributed by atoms with Crippen LogP contribution in [0, 0.1) is 0 Å². The van der Waals surface area contributed by atoms with Gasteiger partial charge in [0.15, 0.2) is 17.3 Å². The zero-order chi connectivity index (χ0) is 17.0. The fourth-order valence-corrected chi connectivity index (χ4v) is 2.19. The summed E-state index contributed by atoms with van der Waals surface area (Å²) in [6, 6.07) is 7.64. The van der Waals surface area contributed by atoms with Crippen molar-refractivity contribution in [2.75, 3.05) is 14.2 Å². The Morgan fingerprint density at radius 1 is 1.13 bits per heavy atom. The summed E-state index contributed by atoms with van der Waals surface area (Å²) in [7, 11) is 2.98. The summed E-state index contributed by atoms with van der Waals surface area (Å²) >= 11 is 5.77. The normalized spacial score (nSPS) is 10.7. The van der Waals surface area contributed by atoms with Crippen LogP contribution >= 0.6 is 11.6 Å². The van der Waals surface area contributed by atoms with Gasteiger partial charge in [-0.05, 0) is 42.0 Å². The van der Waals surface area contributed by atoms with Gasteiger partial charge in [0.2, 0.25) is 0 Å². The number of aromatic hydroxyl groups is 2. The summed E-state index contributed by atoms with van der Waals surface area (Å²) < 4.78 is 10.3. The van der Waals surface area contributed by atoms with Crippen molar-refractivity contribution in [2.45, 2.75) is 0 Å². The number of carbonyl (C=O) groups is 1. The molecule has 0 aliphatic rings. The predicted octanol–water partition coefficient (Wildman–Crippen LogP) is 3.66. The standard InChI is InChI=1S/C17H15ClO5/c1-22-11-4-6-16(23-2)12(9-11)14(19)5-3-10-7-13(18)17(21)15(20)8-10/h3-9,20-21H,1-2H3/b5-3+. The van der Waals surface area contributed by atoms with Crippen LogP contribution in [0.4, 0.5) is 0 Å². The maximum absolute atomic E-state index is 12.3. The molecule has 2 aromatic rings. The topological polar surface area (TPSA) is 76.0 Å². The van der Waals surface area contributed by atoms with Gasteiger partial charge in [0.1, 0.15) is 11.5 Å². The number of hydrogen-bond acceptors (Lipinski definition) is 5. The average Bonchev–Trinajstić information content (AvgIpc) is 2.56. The number of benzene rings is 2. The van der Waals surface area contributed by atoms with Gasteiger partial charge in [-0.2, -0.15) is 0 Å². The third kappa shape index (κ3) is 3.76. The van der Waals surface area contributed by atoms with E-state index in [1.807, 2.05) is 0 Å². The summed E-state index contributed by atoms with van der Waals surface area (Å²) in [4.78, 5) is 12.3. The highest BCUT2D eigenvalue weighted by Gasteiger charge is 2.12. The average molecular weight is 335 g/mol. The lowest BCUT2D eigenvalue weighted by molar-refractivity contribution is 0.104. The number of hydrogen-bond donors (Lipinski definition) is 2. The monoisotopic (exact) mass is 334 g/mol. The molecular weight excluding hydrogens is 320 g/mol. The number of rotatable bonds is 5. The molecular formula is C17H15ClO5. The Kier molecular flexibility index (Phi) is 5.13. The first-order valence-corrected chi connectivity index (χ1v) is 7.00. The molecule has 0 amide bonds. The highest BCUT2D eigenvalue weighted by atomic mass is 35.5. The Morgan fingerprint density at radius 3 is 2.48 bits per heavy atom. The van der Waals surface area contributed by atoms with Crippen LogP contribution in [0.3, 0.4) is 0 Å². The van der Waals surface area contributed by atoms with Gasteiger partial charge >= 0.3 is 0 Å². The van der Waals surface area contributed by atoms with Crippen LogP contribution in [0.15, 0.2) is 36.4 Å². The van der Waals surface area contributed by atoms with Crippen molar-refractivity contribution in [3.05, 3.63) is 52.6 Å². The fourth-order valence-electron chi connectivity index (χ4n) is 1.97. The van der Waals surface area contributed by atoms with E-state index >= 15 is 0 Å². The molecule has 120 valence electrons. The number of halogens is 1. The lowest BCUT2D eigenvalue weighted by Gasteiger charge is -2.08. The van der Waals surface area contributed by atoms with Crippen molar-refractivity contribution in [3.63, 3.8) is 0 Å². The molecule has 0 heterocycles. The quantitative estimate of drug-likeness (QED) is 0.495. The lowest BCUT2D eigenvalue weighted by atomic mass is 10.1. The Morgan fingerprint density at radius 2 is 1.87 bits per heavy atom. The molecule has 0 unspecified atom stereocenters. The molecule has 0 aliphatic heterocycles. The molecule has 0 atom stereocenters. The van der Waals surface area contributed by atoms with Gasteiger partial charge in [0.25, 0.3) is 0 Å². The fraction of sp³-hybridized carbons (Fsp3) is 0.118. The van der Waals surface area contributed by atoms with E-state index in [0.717, 1.165) is 0 Å². The van der Waals surface area contributed by atoms with Gasteiger partial charge in [-0.25, -0.2) is 0 Å². The van der Waals surface area contributed by atoms with Gasteiger partial charge in [-0.15, -0.1) is 0 Å². The number of phenols is 2. The number of allylic oxidation sites excluding steroid dienone is 1. The Hall–Kier alpha value is -2.66. The molecule has 2 aromatic carbocycles. The summed E-state index contributed by atoms with van der Waals surface area (Å²) in [6.07, 6.45) is 2.80. The van der Waals surface area contributed by atoms with Gasteiger partial charge in [0, 0.05) is 0 Å². The maximum Gasteiger partial charge on any atom is 0.189 e. The second-order valence-electron chi connectivity index (χ2n) is 4.63. The van der Waals surface area contributed by atoms with E-state index < -0.39 is 5.75 Å². The van der Waals surface area contributed by atoms with Crippen molar-refractivity contribution >= 4 is 23.5 Å². The van der Waals surface area contributed by atoms with Crippen LogP contribution in [-0.4, -0.2) is 30.2 Å². The molecule has 0 aliphatic carbocycles. The Labute approximate surface area is 138 Å². The van der Waals surface area contributed by atoms with Crippen LogP contribution in [-0.2, 0) is 0 Å². The largest absolute Gasteiger partial charge is 0.504 e. The number of carbonyl (C=O) groups excluding carboxylic acids is 1. The molecule has 0 spiro atoms. The van der Waals surface area contributed by atoms with Crippen molar-refractivity contribution < 1.29 is 24.5 Å². The highest BCUT2D eigenvalue weighted by Crippen LogP contribution is 2.34. The van der Waals surface area contributed by atoms with E-state index in [4.69, 9.17) is 21.1 Å². The van der Waals surface area contributed by atoms with Gasteiger partial charge in [-0.1, -0.05) is 17.7 Å². The Bertz CT molecular complexity index is 745. The lowest BCUT2D eigenvalue weighted by Crippen LogP contribution is -1.99. The minimum atomic E-state index is -0.399. The third-order valence-electron chi connectivity index (χ3n) is 3.16. The molecule has 6 heteroatoms. The van der Waals surface area contributed by atoms with Crippen molar-refractivity contribution in [1.29, 1.82) is 0 Å². The van der Waals surface area contributed by atoms with Crippen molar-refractivity contribution in [1.82, 2.24) is 0 Å². The van der Waals surface area contributed by atoms with Crippen molar-refractivity contribution in [3.8, 4) is 23.0 Å². The van der Waals surface area contributed by atoms with Gasteiger partial charge in [0.05, 0.1) is 24.8 Å². The summed E-state index contributed by atoms with van der Waals surface area (Å²) in [6.45, 7) is 0. The first kappa shape index (κ1) is 16.7. The highest BCUT2D eigenvalue weighted by molar-refractivity contribution is 6.32.